The monoisotopic (exact) mass is 375 g/mol. The van der Waals surface area contributed by atoms with Crippen LogP contribution in [0.2, 0.25) is 0 Å². The molecule has 2 aromatic carbocycles. The van der Waals surface area contributed by atoms with Gasteiger partial charge < -0.3 is 10.1 Å². The number of alkyl halides is 2. The molecule has 1 saturated carbocycles. The Morgan fingerprint density at radius 3 is 2.81 bits per heavy atom. The van der Waals surface area contributed by atoms with Crippen molar-refractivity contribution in [3.05, 3.63) is 59.0 Å². The highest BCUT2D eigenvalue weighted by Crippen LogP contribution is 2.43. The molecule has 0 saturated heterocycles. The maximum atomic E-state index is 13.8. The molecule has 1 fully saturated rings. The standard InChI is InChI=1S/C19H16F3N3O2/c20-15-7-11(3-6-17(15)27-19(21)22)18(26)23-8-13-12(10-1-2-10)4-5-16-14(13)9-24-25-16/h3-7,9-10,19H,1-2,8H2,(H,23,26)(H,24,25). The Labute approximate surface area is 152 Å². The van der Waals surface area contributed by atoms with Crippen molar-refractivity contribution in [2.45, 2.75) is 31.9 Å². The van der Waals surface area contributed by atoms with Gasteiger partial charge in [-0.1, -0.05) is 6.07 Å². The number of hydrogen-bond donors (Lipinski definition) is 2. The van der Waals surface area contributed by atoms with E-state index in [-0.39, 0.29) is 12.1 Å². The molecule has 27 heavy (non-hydrogen) atoms. The summed E-state index contributed by atoms with van der Waals surface area (Å²) in [5.41, 5.74) is 3.07. The predicted octanol–water partition coefficient (Wildman–Crippen LogP) is 4.11. The van der Waals surface area contributed by atoms with Crippen molar-refractivity contribution < 1.29 is 22.7 Å². The molecular formula is C19H16F3N3O2. The number of benzene rings is 2. The van der Waals surface area contributed by atoms with Crippen molar-refractivity contribution >= 4 is 16.8 Å². The number of aromatic amines is 1. The molecule has 140 valence electrons. The fourth-order valence-electron chi connectivity index (χ4n) is 3.17. The number of halogens is 3. The molecule has 1 aromatic heterocycles. The Morgan fingerprint density at radius 2 is 2.11 bits per heavy atom. The Hall–Kier alpha value is -3.03. The van der Waals surface area contributed by atoms with Gasteiger partial charge in [-0.3, -0.25) is 9.89 Å². The molecule has 8 heteroatoms. The number of rotatable bonds is 6. The second-order valence-corrected chi connectivity index (χ2v) is 6.45. The second-order valence-electron chi connectivity index (χ2n) is 6.45. The highest BCUT2D eigenvalue weighted by Gasteiger charge is 2.27. The van der Waals surface area contributed by atoms with Crippen LogP contribution in [-0.4, -0.2) is 22.7 Å². The zero-order valence-corrected chi connectivity index (χ0v) is 14.1. The minimum absolute atomic E-state index is 0.0291. The zero-order chi connectivity index (χ0) is 19.0. The van der Waals surface area contributed by atoms with E-state index in [1.807, 2.05) is 12.1 Å². The third-order valence-electron chi connectivity index (χ3n) is 4.62. The van der Waals surface area contributed by atoms with Gasteiger partial charge in [0.2, 0.25) is 0 Å². The van der Waals surface area contributed by atoms with Gasteiger partial charge in [-0.25, -0.2) is 4.39 Å². The van der Waals surface area contributed by atoms with E-state index < -0.39 is 24.1 Å². The van der Waals surface area contributed by atoms with Crippen LogP contribution in [0.25, 0.3) is 10.9 Å². The van der Waals surface area contributed by atoms with Crippen LogP contribution in [0.4, 0.5) is 13.2 Å². The predicted molar refractivity (Wildman–Crippen MR) is 92.3 cm³/mol. The summed E-state index contributed by atoms with van der Waals surface area (Å²) in [6, 6.07) is 7.15. The third-order valence-corrected chi connectivity index (χ3v) is 4.62. The number of carbonyl (C=O) groups is 1. The van der Waals surface area contributed by atoms with Crippen LogP contribution in [0, 0.1) is 5.82 Å². The average Bonchev–Trinajstić information content (AvgIpc) is 3.37. The van der Waals surface area contributed by atoms with E-state index in [2.05, 4.69) is 20.3 Å². The van der Waals surface area contributed by atoms with E-state index in [1.165, 1.54) is 11.6 Å². The highest BCUT2D eigenvalue weighted by molar-refractivity contribution is 5.94. The lowest BCUT2D eigenvalue weighted by molar-refractivity contribution is -0.0521. The summed E-state index contributed by atoms with van der Waals surface area (Å²) in [6.07, 6.45) is 3.95. The Kier molecular flexibility index (Phi) is 4.47. The molecule has 1 amide bonds. The van der Waals surface area contributed by atoms with Gasteiger partial charge in [0.1, 0.15) is 0 Å². The number of ether oxygens (including phenoxy) is 1. The maximum Gasteiger partial charge on any atom is 0.387 e. The molecule has 3 aromatic rings. The first-order valence-electron chi connectivity index (χ1n) is 8.50. The third kappa shape index (κ3) is 3.60. The van der Waals surface area contributed by atoms with Crippen LogP contribution < -0.4 is 10.1 Å². The SMILES string of the molecule is O=C(NCc1c(C2CC2)ccc2[nH]ncc12)c1ccc(OC(F)F)c(F)c1. The number of nitrogens with zero attached hydrogens (tertiary/aromatic N) is 1. The molecule has 4 rings (SSSR count). The number of aromatic nitrogens is 2. The van der Waals surface area contributed by atoms with Gasteiger partial charge in [0, 0.05) is 17.5 Å². The summed E-state index contributed by atoms with van der Waals surface area (Å²) >= 11 is 0. The van der Waals surface area contributed by atoms with Crippen LogP contribution in [0.3, 0.4) is 0 Å². The molecule has 0 bridgehead atoms. The summed E-state index contributed by atoms with van der Waals surface area (Å²) < 4.78 is 42.3. The molecule has 0 unspecified atom stereocenters. The molecule has 1 aliphatic carbocycles. The number of fused-ring (bicyclic) bond motifs is 1. The van der Waals surface area contributed by atoms with Crippen molar-refractivity contribution in [3.63, 3.8) is 0 Å². The van der Waals surface area contributed by atoms with E-state index in [4.69, 9.17) is 0 Å². The molecule has 1 aliphatic rings. The van der Waals surface area contributed by atoms with Crippen LogP contribution in [0.5, 0.6) is 5.75 Å². The summed E-state index contributed by atoms with van der Waals surface area (Å²) in [7, 11) is 0. The van der Waals surface area contributed by atoms with Crippen LogP contribution in [0.15, 0.2) is 36.5 Å². The van der Waals surface area contributed by atoms with Crippen LogP contribution in [-0.2, 0) is 6.54 Å². The first-order chi connectivity index (χ1) is 13.0. The van der Waals surface area contributed by atoms with Crippen molar-refractivity contribution in [2.24, 2.45) is 0 Å². The fraction of sp³-hybridized carbons (Fsp3) is 0.263. The first-order valence-corrected chi connectivity index (χ1v) is 8.50. The summed E-state index contributed by atoms with van der Waals surface area (Å²) in [5, 5.41) is 10.7. The van der Waals surface area contributed by atoms with Gasteiger partial charge in [-0.05, 0) is 54.2 Å². The number of amides is 1. The van der Waals surface area contributed by atoms with Crippen molar-refractivity contribution in [2.75, 3.05) is 0 Å². The Balaban J connectivity index is 1.53. The van der Waals surface area contributed by atoms with E-state index in [1.54, 1.807) is 6.20 Å². The lowest BCUT2D eigenvalue weighted by Gasteiger charge is -2.12. The van der Waals surface area contributed by atoms with Crippen molar-refractivity contribution in [3.8, 4) is 5.75 Å². The average molecular weight is 375 g/mol. The fourth-order valence-corrected chi connectivity index (χ4v) is 3.17. The van der Waals surface area contributed by atoms with E-state index in [9.17, 15) is 18.0 Å². The lowest BCUT2D eigenvalue weighted by Crippen LogP contribution is -2.23. The van der Waals surface area contributed by atoms with E-state index in [0.29, 0.717) is 5.92 Å². The second kappa shape index (κ2) is 6.94. The molecule has 0 atom stereocenters. The van der Waals surface area contributed by atoms with Crippen LogP contribution in [0.1, 0.15) is 40.2 Å². The minimum Gasteiger partial charge on any atom is -0.432 e. The van der Waals surface area contributed by atoms with Gasteiger partial charge in [-0.15, -0.1) is 0 Å². The number of nitrogens with one attached hydrogen (secondary N) is 2. The Morgan fingerprint density at radius 1 is 1.30 bits per heavy atom. The topological polar surface area (TPSA) is 67.0 Å². The molecule has 1 heterocycles. The highest BCUT2D eigenvalue weighted by atomic mass is 19.3. The quantitative estimate of drug-likeness (QED) is 0.681. The van der Waals surface area contributed by atoms with Gasteiger partial charge >= 0.3 is 6.61 Å². The summed E-state index contributed by atoms with van der Waals surface area (Å²) in [6.45, 7) is -2.87. The van der Waals surface area contributed by atoms with Crippen LogP contribution >= 0.6 is 0 Å². The first kappa shape index (κ1) is 17.4. The molecule has 0 spiro atoms. The lowest BCUT2D eigenvalue weighted by atomic mass is 9.99. The largest absolute Gasteiger partial charge is 0.432 e. The van der Waals surface area contributed by atoms with Gasteiger partial charge in [-0.2, -0.15) is 13.9 Å². The number of H-pyrrole nitrogens is 1. The molecule has 2 N–H and O–H groups in total. The molecular weight excluding hydrogens is 359 g/mol. The molecule has 0 radical (unpaired) electrons. The Bertz CT molecular complexity index is 999. The summed E-state index contributed by atoms with van der Waals surface area (Å²) in [5.74, 6) is -1.63. The normalized spacial score (nSPS) is 13.9. The maximum absolute atomic E-state index is 13.8. The zero-order valence-electron chi connectivity index (χ0n) is 14.1. The van der Waals surface area contributed by atoms with E-state index >= 15 is 0 Å². The number of carbonyl (C=O) groups excluding carboxylic acids is 1. The summed E-state index contributed by atoms with van der Waals surface area (Å²) in [4.78, 5) is 12.4. The van der Waals surface area contributed by atoms with Gasteiger partial charge in [0.15, 0.2) is 11.6 Å². The van der Waals surface area contributed by atoms with Crippen molar-refractivity contribution in [1.29, 1.82) is 0 Å². The molecule has 0 aliphatic heterocycles. The number of hydrogen-bond acceptors (Lipinski definition) is 3. The van der Waals surface area contributed by atoms with Crippen molar-refractivity contribution in [1.82, 2.24) is 15.5 Å². The smallest absolute Gasteiger partial charge is 0.387 e. The van der Waals surface area contributed by atoms with Gasteiger partial charge in [0.25, 0.3) is 5.91 Å². The van der Waals surface area contributed by atoms with Gasteiger partial charge in [0.05, 0.1) is 11.7 Å². The molecule has 5 nitrogen and oxygen atoms in total. The van der Waals surface area contributed by atoms with E-state index in [0.717, 1.165) is 41.4 Å². The minimum atomic E-state index is -3.13.